The lowest BCUT2D eigenvalue weighted by atomic mass is 9.97. The van der Waals surface area contributed by atoms with Gasteiger partial charge in [-0.05, 0) is 12.1 Å². The van der Waals surface area contributed by atoms with Gasteiger partial charge >= 0.3 is 0 Å². The fourth-order valence-electron chi connectivity index (χ4n) is 3.00. The molecular weight excluding hydrogens is 354 g/mol. The molecule has 2 aromatic rings. The number of hydrazone groups is 1. The highest BCUT2D eigenvalue weighted by Crippen LogP contribution is 2.37. The maximum atomic E-state index is 12.1. The van der Waals surface area contributed by atoms with Gasteiger partial charge in [0.1, 0.15) is 5.75 Å². The van der Waals surface area contributed by atoms with E-state index in [1.165, 1.54) is 11.9 Å². The van der Waals surface area contributed by atoms with Gasteiger partial charge in [-0.1, -0.05) is 36.4 Å². The molecule has 0 saturated carbocycles. The second-order valence-corrected chi connectivity index (χ2v) is 7.86. The predicted molar refractivity (Wildman–Crippen MR) is 99.4 cm³/mol. The van der Waals surface area contributed by atoms with Crippen molar-refractivity contribution < 1.29 is 18.3 Å². The molecule has 0 spiro atoms. The molecule has 0 bridgehead atoms. The van der Waals surface area contributed by atoms with E-state index in [4.69, 9.17) is 0 Å². The third-order valence-electron chi connectivity index (χ3n) is 4.06. The maximum Gasteiger partial charge on any atom is 0.240 e. The lowest BCUT2D eigenvalue weighted by Crippen LogP contribution is -2.24. The molecule has 1 heterocycles. The van der Waals surface area contributed by atoms with Gasteiger partial charge in [0, 0.05) is 24.5 Å². The summed E-state index contributed by atoms with van der Waals surface area (Å²) in [7, 11) is -3.46. The molecule has 7 nitrogen and oxygen atoms in total. The number of hydrogen-bond donors (Lipinski definition) is 2. The Balaban J connectivity index is 2.02. The summed E-state index contributed by atoms with van der Waals surface area (Å²) in [4.78, 5) is 12.1. The van der Waals surface area contributed by atoms with Gasteiger partial charge in [0.15, 0.2) is 0 Å². The monoisotopic (exact) mass is 373 g/mol. The average Bonchev–Trinajstić information content (AvgIpc) is 2.99. The van der Waals surface area contributed by atoms with E-state index >= 15 is 0 Å². The Bertz CT molecular complexity index is 985. The molecule has 136 valence electrons. The van der Waals surface area contributed by atoms with Gasteiger partial charge in [0.2, 0.25) is 15.9 Å². The van der Waals surface area contributed by atoms with E-state index in [0.717, 1.165) is 6.26 Å². The molecule has 0 aromatic heterocycles. The first kappa shape index (κ1) is 17.9. The molecule has 1 unspecified atom stereocenters. The van der Waals surface area contributed by atoms with Gasteiger partial charge in [0.05, 0.1) is 23.7 Å². The summed E-state index contributed by atoms with van der Waals surface area (Å²) in [6.07, 6.45) is 1.44. The van der Waals surface area contributed by atoms with Crippen molar-refractivity contribution in [2.45, 2.75) is 19.4 Å². The molecular formula is C18H19N3O4S. The minimum atomic E-state index is -3.46. The van der Waals surface area contributed by atoms with E-state index < -0.39 is 16.1 Å². The van der Waals surface area contributed by atoms with E-state index in [1.54, 1.807) is 48.5 Å². The number of aromatic hydroxyl groups is 1. The van der Waals surface area contributed by atoms with Crippen molar-refractivity contribution in [3.63, 3.8) is 0 Å². The number of carbonyl (C=O) groups is 1. The number of sulfonamides is 1. The Labute approximate surface area is 152 Å². The number of benzene rings is 2. The third-order valence-corrected chi connectivity index (χ3v) is 4.65. The molecule has 0 aliphatic carbocycles. The predicted octanol–water partition coefficient (Wildman–Crippen LogP) is 2.46. The molecule has 1 amide bonds. The van der Waals surface area contributed by atoms with Crippen LogP contribution in [0, 0.1) is 0 Å². The number of nitrogens with one attached hydrogen (secondary N) is 1. The number of carbonyl (C=O) groups excluding carboxylic acids is 1. The van der Waals surface area contributed by atoms with Gasteiger partial charge in [0.25, 0.3) is 0 Å². The zero-order valence-electron chi connectivity index (χ0n) is 14.4. The molecule has 0 saturated heterocycles. The first-order chi connectivity index (χ1) is 12.3. The summed E-state index contributed by atoms with van der Waals surface area (Å²) >= 11 is 0. The van der Waals surface area contributed by atoms with Gasteiger partial charge in [-0.15, -0.1) is 0 Å². The van der Waals surface area contributed by atoms with Crippen molar-refractivity contribution in [2.75, 3.05) is 11.0 Å². The molecule has 26 heavy (non-hydrogen) atoms. The fraction of sp³-hybridized carbons (Fsp3) is 0.222. The quantitative estimate of drug-likeness (QED) is 0.860. The van der Waals surface area contributed by atoms with Crippen molar-refractivity contribution in [1.82, 2.24) is 5.01 Å². The number of para-hydroxylation sites is 2. The van der Waals surface area contributed by atoms with Gasteiger partial charge < -0.3 is 5.11 Å². The Hall–Kier alpha value is -2.87. The van der Waals surface area contributed by atoms with E-state index in [0.29, 0.717) is 28.9 Å². The van der Waals surface area contributed by atoms with Crippen molar-refractivity contribution >= 4 is 27.3 Å². The number of phenols is 1. The summed E-state index contributed by atoms with van der Waals surface area (Å²) in [5, 5.41) is 15.9. The zero-order valence-corrected chi connectivity index (χ0v) is 15.2. The van der Waals surface area contributed by atoms with E-state index in [2.05, 4.69) is 9.82 Å². The SMILES string of the molecule is CC(=O)N1N=C(c2ccccc2NS(C)(=O)=O)CC1c1ccccc1O. The summed E-state index contributed by atoms with van der Waals surface area (Å²) in [6.45, 7) is 1.40. The van der Waals surface area contributed by atoms with E-state index in [-0.39, 0.29) is 11.7 Å². The maximum absolute atomic E-state index is 12.1. The minimum absolute atomic E-state index is 0.0859. The number of phenolic OH excluding ortho intramolecular Hbond substituents is 1. The molecule has 1 aliphatic rings. The van der Waals surface area contributed by atoms with Crippen LogP contribution in [0.1, 0.15) is 30.5 Å². The van der Waals surface area contributed by atoms with Crippen molar-refractivity contribution in [1.29, 1.82) is 0 Å². The first-order valence-corrected chi connectivity index (χ1v) is 9.88. The van der Waals surface area contributed by atoms with Crippen LogP contribution in [-0.2, 0) is 14.8 Å². The van der Waals surface area contributed by atoms with Gasteiger partial charge in [-0.3, -0.25) is 9.52 Å². The van der Waals surface area contributed by atoms with Crippen LogP contribution in [0.2, 0.25) is 0 Å². The molecule has 1 aliphatic heterocycles. The Morgan fingerprint density at radius 1 is 1.19 bits per heavy atom. The molecule has 1 atom stereocenters. The fourth-order valence-corrected chi connectivity index (χ4v) is 3.58. The van der Waals surface area contributed by atoms with Crippen LogP contribution in [0.3, 0.4) is 0 Å². The van der Waals surface area contributed by atoms with Crippen LogP contribution < -0.4 is 4.72 Å². The summed E-state index contributed by atoms with van der Waals surface area (Å²) < 4.78 is 25.7. The lowest BCUT2D eigenvalue weighted by Gasteiger charge is -2.21. The molecule has 8 heteroatoms. The lowest BCUT2D eigenvalue weighted by molar-refractivity contribution is -0.130. The summed E-state index contributed by atoms with van der Waals surface area (Å²) in [5.74, 6) is -0.176. The zero-order chi connectivity index (χ0) is 18.9. The van der Waals surface area contributed by atoms with Crippen LogP contribution in [0.15, 0.2) is 53.6 Å². The standard InChI is InChI=1S/C18H19N3O4S/c1-12(22)21-17(14-8-4-6-10-18(14)23)11-16(19-21)13-7-3-5-9-15(13)20-26(2,24)25/h3-10,17,20,23H,11H2,1-2H3. The normalized spacial score (nSPS) is 17.1. The summed E-state index contributed by atoms with van der Waals surface area (Å²) in [6, 6.07) is 13.2. The van der Waals surface area contributed by atoms with E-state index in [9.17, 15) is 18.3 Å². The second-order valence-electron chi connectivity index (χ2n) is 6.11. The molecule has 2 aromatic carbocycles. The van der Waals surface area contributed by atoms with Gasteiger partial charge in [-0.25, -0.2) is 13.4 Å². The van der Waals surface area contributed by atoms with E-state index in [1.807, 2.05) is 0 Å². The van der Waals surface area contributed by atoms with Crippen LogP contribution in [0.5, 0.6) is 5.75 Å². The third kappa shape index (κ3) is 3.70. The number of anilines is 1. The van der Waals surface area contributed by atoms with Crippen molar-refractivity contribution in [3.05, 3.63) is 59.7 Å². The Morgan fingerprint density at radius 3 is 2.50 bits per heavy atom. The topological polar surface area (TPSA) is 99.1 Å². The number of rotatable bonds is 4. The molecule has 3 rings (SSSR count). The smallest absolute Gasteiger partial charge is 0.240 e. The Morgan fingerprint density at radius 2 is 1.85 bits per heavy atom. The van der Waals surface area contributed by atoms with Crippen LogP contribution in [0.4, 0.5) is 5.69 Å². The highest BCUT2D eigenvalue weighted by molar-refractivity contribution is 7.92. The number of nitrogens with zero attached hydrogens (tertiary/aromatic N) is 2. The van der Waals surface area contributed by atoms with Crippen LogP contribution in [0.25, 0.3) is 0 Å². The highest BCUT2D eigenvalue weighted by Gasteiger charge is 2.33. The average molecular weight is 373 g/mol. The van der Waals surface area contributed by atoms with Crippen LogP contribution >= 0.6 is 0 Å². The van der Waals surface area contributed by atoms with Crippen molar-refractivity contribution in [2.24, 2.45) is 5.10 Å². The molecule has 0 fully saturated rings. The summed E-state index contributed by atoms with van der Waals surface area (Å²) in [5.41, 5.74) is 2.16. The molecule has 0 radical (unpaired) electrons. The Kier molecular flexibility index (Phi) is 4.69. The highest BCUT2D eigenvalue weighted by atomic mass is 32.2. The largest absolute Gasteiger partial charge is 0.508 e. The second kappa shape index (κ2) is 6.80. The van der Waals surface area contributed by atoms with Crippen molar-refractivity contribution in [3.8, 4) is 5.75 Å². The minimum Gasteiger partial charge on any atom is -0.508 e. The number of hydrogen-bond acceptors (Lipinski definition) is 5. The first-order valence-electron chi connectivity index (χ1n) is 7.98. The molecule has 2 N–H and O–H groups in total. The van der Waals surface area contributed by atoms with Gasteiger partial charge in [-0.2, -0.15) is 5.10 Å². The number of amides is 1. The van der Waals surface area contributed by atoms with Crippen LogP contribution in [-0.4, -0.2) is 36.4 Å².